The maximum atomic E-state index is 3.79. The second-order valence-corrected chi connectivity index (χ2v) is 4.02. The molecule has 80 valence electrons. The van der Waals surface area contributed by atoms with Gasteiger partial charge in [-0.2, -0.15) is 0 Å². The molecule has 1 atom stereocenters. The van der Waals surface area contributed by atoms with Crippen molar-refractivity contribution in [2.75, 3.05) is 0 Å². The third-order valence-electron chi connectivity index (χ3n) is 2.50. The molecule has 0 heterocycles. The second kappa shape index (κ2) is 8.80. The van der Waals surface area contributed by atoms with Crippen LogP contribution in [-0.4, -0.2) is 0 Å². The molecular weight excluding hydrogens is 168 g/mol. The molecule has 14 heavy (non-hydrogen) atoms. The molecule has 0 aromatic rings. The van der Waals surface area contributed by atoms with E-state index >= 15 is 0 Å². The van der Waals surface area contributed by atoms with Crippen molar-refractivity contribution in [3.05, 3.63) is 37.0 Å². The molecule has 0 aliphatic rings. The van der Waals surface area contributed by atoms with Gasteiger partial charge in [-0.1, -0.05) is 30.7 Å². The molecule has 0 saturated heterocycles. The Bertz CT molecular complexity index is 186. The average molecular weight is 192 g/mol. The smallest absolute Gasteiger partial charge is 0.0265 e. The first-order valence-corrected chi connectivity index (χ1v) is 5.59. The van der Waals surface area contributed by atoms with Crippen LogP contribution in [0.4, 0.5) is 0 Å². The minimum absolute atomic E-state index is 0.663. The van der Waals surface area contributed by atoms with Gasteiger partial charge in [-0.05, 0) is 44.9 Å². The van der Waals surface area contributed by atoms with E-state index in [1.165, 1.54) is 24.8 Å². The van der Waals surface area contributed by atoms with Gasteiger partial charge in [0, 0.05) is 0 Å². The van der Waals surface area contributed by atoms with Crippen LogP contribution in [0, 0.1) is 5.92 Å². The Hall–Kier alpha value is -0.780. The summed E-state index contributed by atoms with van der Waals surface area (Å²) in [6, 6.07) is 0. The number of rotatable bonds is 8. The van der Waals surface area contributed by atoms with Gasteiger partial charge in [0.05, 0.1) is 0 Å². The molecule has 1 unspecified atom stereocenters. The van der Waals surface area contributed by atoms with E-state index in [-0.39, 0.29) is 0 Å². The Labute approximate surface area is 89.4 Å². The van der Waals surface area contributed by atoms with Crippen molar-refractivity contribution in [3.8, 4) is 0 Å². The Balaban J connectivity index is 3.51. The summed E-state index contributed by atoms with van der Waals surface area (Å²) >= 11 is 0. The molecule has 0 rings (SSSR count). The van der Waals surface area contributed by atoms with Gasteiger partial charge in [0.1, 0.15) is 0 Å². The monoisotopic (exact) mass is 192 g/mol. The quantitative estimate of drug-likeness (QED) is 0.379. The van der Waals surface area contributed by atoms with Crippen LogP contribution in [0.15, 0.2) is 37.0 Å². The van der Waals surface area contributed by atoms with Crippen LogP contribution in [0.25, 0.3) is 0 Å². The SMILES string of the molecule is C=CCCC=C(C)CCCC(C)C=C. The van der Waals surface area contributed by atoms with E-state index in [9.17, 15) is 0 Å². The lowest BCUT2D eigenvalue weighted by Gasteiger charge is -2.05. The summed E-state index contributed by atoms with van der Waals surface area (Å²) in [5.41, 5.74) is 1.52. The first-order chi connectivity index (χ1) is 6.70. The molecule has 0 fully saturated rings. The van der Waals surface area contributed by atoms with Crippen LogP contribution >= 0.6 is 0 Å². The maximum Gasteiger partial charge on any atom is -0.0265 e. The molecule has 0 aliphatic heterocycles. The fourth-order valence-corrected chi connectivity index (χ4v) is 1.37. The highest BCUT2D eigenvalue weighted by atomic mass is 14.0. The van der Waals surface area contributed by atoms with E-state index in [0.29, 0.717) is 5.92 Å². The summed E-state index contributed by atoms with van der Waals surface area (Å²) in [5.74, 6) is 0.663. The van der Waals surface area contributed by atoms with Crippen LogP contribution in [0.5, 0.6) is 0 Å². The lowest BCUT2D eigenvalue weighted by molar-refractivity contribution is 0.605. The van der Waals surface area contributed by atoms with Crippen molar-refractivity contribution in [1.29, 1.82) is 0 Å². The number of hydrogen-bond donors (Lipinski definition) is 0. The Morgan fingerprint density at radius 1 is 1.29 bits per heavy atom. The van der Waals surface area contributed by atoms with E-state index in [1.807, 2.05) is 12.2 Å². The predicted octanol–water partition coefficient (Wildman–Crippen LogP) is 4.89. The van der Waals surface area contributed by atoms with E-state index in [4.69, 9.17) is 0 Å². The van der Waals surface area contributed by atoms with Gasteiger partial charge in [0.15, 0.2) is 0 Å². The molecule has 0 saturated carbocycles. The van der Waals surface area contributed by atoms with Crippen molar-refractivity contribution < 1.29 is 0 Å². The molecule has 0 bridgehead atoms. The Kier molecular flexibility index (Phi) is 8.31. The molecule has 0 aromatic heterocycles. The third kappa shape index (κ3) is 7.85. The highest BCUT2D eigenvalue weighted by Gasteiger charge is 1.96. The zero-order chi connectivity index (χ0) is 10.8. The van der Waals surface area contributed by atoms with Crippen molar-refractivity contribution in [3.63, 3.8) is 0 Å². The fourth-order valence-electron chi connectivity index (χ4n) is 1.37. The summed E-state index contributed by atoms with van der Waals surface area (Å²) in [5, 5.41) is 0. The first-order valence-electron chi connectivity index (χ1n) is 5.59. The predicted molar refractivity (Wildman–Crippen MR) is 66.4 cm³/mol. The van der Waals surface area contributed by atoms with Crippen molar-refractivity contribution >= 4 is 0 Å². The zero-order valence-electron chi connectivity index (χ0n) is 9.76. The van der Waals surface area contributed by atoms with Crippen molar-refractivity contribution in [1.82, 2.24) is 0 Å². The molecule has 0 nitrogen and oxygen atoms in total. The molecule has 0 amide bonds. The van der Waals surface area contributed by atoms with Gasteiger partial charge in [0.2, 0.25) is 0 Å². The second-order valence-electron chi connectivity index (χ2n) is 4.02. The van der Waals surface area contributed by atoms with Crippen LogP contribution in [0.3, 0.4) is 0 Å². The minimum atomic E-state index is 0.663. The highest BCUT2D eigenvalue weighted by Crippen LogP contribution is 2.13. The van der Waals surface area contributed by atoms with Crippen LogP contribution in [0.2, 0.25) is 0 Å². The average Bonchev–Trinajstić information content (AvgIpc) is 2.18. The fraction of sp³-hybridized carbons (Fsp3) is 0.571. The van der Waals surface area contributed by atoms with Gasteiger partial charge in [0.25, 0.3) is 0 Å². The Morgan fingerprint density at radius 2 is 2.00 bits per heavy atom. The largest absolute Gasteiger partial charge is 0.103 e. The lowest BCUT2D eigenvalue weighted by atomic mass is 10.0. The van der Waals surface area contributed by atoms with Crippen LogP contribution < -0.4 is 0 Å². The standard InChI is InChI=1S/C14H24/c1-5-7-8-10-14(4)12-9-11-13(3)6-2/h5-6,10,13H,1-2,7-9,11-12H2,3-4H3. The molecule has 0 aromatic carbocycles. The molecule has 0 spiro atoms. The van der Waals surface area contributed by atoms with Gasteiger partial charge < -0.3 is 0 Å². The number of allylic oxidation sites excluding steroid dienone is 4. The Morgan fingerprint density at radius 3 is 2.57 bits per heavy atom. The van der Waals surface area contributed by atoms with Gasteiger partial charge >= 0.3 is 0 Å². The maximum absolute atomic E-state index is 3.79. The van der Waals surface area contributed by atoms with Crippen LogP contribution in [0.1, 0.15) is 46.0 Å². The molecule has 0 aliphatic carbocycles. The third-order valence-corrected chi connectivity index (χ3v) is 2.50. The summed E-state index contributed by atoms with van der Waals surface area (Å²) < 4.78 is 0. The summed E-state index contributed by atoms with van der Waals surface area (Å²) in [7, 11) is 0. The molecular formula is C14H24. The summed E-state index contributed by atoms with van der Waals surface area (Å²) in [6.45, 7) is 12.0. The highest BCUT2D eigenvalue weighted by molar-refractivity contribution is 4.98. The summed E-state index contributed by atoms with van der Waals surface area (Å²) in [4.78, 5) is 0. The van der Waals surface area contributed by atoms with Crippen molar-refractivity contribution in [2.45, 2.75) is 46.0 Å². The van der Waals surface area contributed by atoms with Gasteiger partial charge in [-0.3, -0.25) is 0 Å². The number of unbranched alkanes of at least 4 members (excludes halogenated alkanes) is 1. The topological polar surface area (TPSA) is 0 Å². The molecule has 0 radical (unpaired) electrons. The van der Waals surface area contributed by atoms with Gasteiger partial charge in [-0.25, -0.2) is 0 Å². The zero-order valence-corrected chi connectivity index (χ0v) is 9.76. The van der Waals surface area contributed by atoms with E-state index < -0.39 is 0 Å². The number of hydrogen-bond acceptors (Lipinski definition) is 0. The van der Waals surface area contributed by atoms with E-state index in [1.54, 1.807) is 0 Å². The normalized spacial score (nSPS) is 13.7. The first kappa shape index (κ1) is 13.2. The van der Waals surface area contributed by atoms with Gasteiger partial charge in [-0.15, -0.1) is 13.2 Å². The minimum Gasteiger partial charge on any atom is -0.103 e. The van der Waals surface area contributed by atoms with E-state index in [2.05, 4.69) is 33.1 Å². The lowest BCUT2D eigenvalue weighted by Crippen LogP contribution is -1.89. The van der Waals surface area contributed by atoms with Crippen molar-refractivity contribution in [2.24, 2.45) is 5.92 Å². The van der Waals surface area contributed by atoms with Crippen LogP contribution in [-0.2, 0) is 0 Å². The molecule has 0 N–H and O–H groups in total. The molecule has 0 heteroatoms. The van der Waals surface area contributed by atoms with E-state index in [0.717, 1.165) is 12.8 Å². The summed E-state index contributed by atoms with van der Waals surface area (Å²) in [6.07, 6.45) is 12.4.